The maximum Gasteiger partial charge on any atom is 0.291 e. The second-order valence-electron chi connectivity index (χ2n) is 4.66. The summed E-state index contributed by atoms with van der Waals surface area (Å²) >= 11 is 0. The van der Waals surface area contributed by atoms with Crippen molar-refractivity contribution in [1.82, 2.24) is 9.71 Å². The molecule has 0 saturated carbocycles. The molecule has 7 nitrogen and oxygen atoms in total. The summed E-state index contributed by atoms with van der Waals surface area (Å²) in [6.45, 7) is 0. The van der Waals surface area contributed by atoms with E-state index < -0.39 is 15.9 Å². The number of aromatic nitrogens is 1. The van der Waals surface area contributed by atoms with Gasteiger partial charge in [0.05, 0.1) is 11.2 Å². The molecule has 1 amide bonds. The number of rotatable bonds is 4. The molecule has 2 N–H and O–H groups in total. The Labute approximate surface area is 132 Å². The Morgan fingerprint density at radius 1 is 1.13 bits per heavy atom. The Hall–Kier alpha value is -2.71. The van der Waals surface area contributed by atoms with Crippen molar-refractivity contribution in [2.75, 3.05) is 12.4 Å². The number of anilines is 1. The number of nitrogens with zero attached hydrogens (tertiary/aromatic N) is 1. The standard InChI is InChI=1S/C15H13N3O4S/c1-16-23(20,21)13-8-7-12(22-13)15(19)18-11-6-2-4-10-5-3-9-17-14(10)11/h2-9,16H,1H3,(H,18,19). The van der Waals surface area contributed by atoms with Crippen LogP contribution in [0.15, 0.2) is 58.2 Å². The van der Waals surface area contributed by atoms with Gasteiger partial charge in [-0.1, -0.05) is 18.2 Å². The Bertz CT molecular complexity index is 974. The molecular formula is C15H13N3O4S. The average molecular weight is 331 g/mol. The molecule has 1 aromatic carbocycles. The third-order valence-corrected chi connectivity index (χ3v) is 4.51. The van der Waals surface area contributed by atoms with Crippen LogP contribution in [-0.2, 0) is 10.0 Å². The number of furan rings is 1. The number of carbonyl (C=O) groups excluding carboxylic acids is 1. The highest BCUT2D eigenvalue weighted by Crippen LogP contribution is 2.22. The van der Waals surface area contributed by atoms with Gasteiger partial charge in [0, 0.05) is 11.6 Å². The van der Waals surface area contributed by atoms with Crippen LogP contribution in [0.5, 0.6) is 0 Å². The lowest BCUT2D eigenvalue weighted by atomic mass is 10.2. The first-order valence-corrected chi connectivity index (χ1v) is 8.18. The van der Waals surface area contributed by atoms with E-state index in [2.05, 4.69) is 15.0 Å². The molecule has 23 heavy (non-hydrogen) atoms. The molecule has 0 spiro atoms. The van der Waals surface area contributed by atoms with Gasteiger partial charge in [0.2, 0.25) is 5.09 Å². The van der Waals surface area contributed by atoms with Gasteiger partial charge < -0.3 is 9.73 Å². The number of hydrogen-bond acceptors (Lipinski definition) is 5. The van der Waals surface area contributed by atoms with Crippen LogP contribution < -0.4 is 10.0 Å². The average Bonchev–Trinajstić information content (AvgIpc) is 3.06. The van der Waals surface area contributed by atoms with Crippen LogP contribution in [0.2, 0.25) is 0 Å². The fourth-order valence-corrected chi connectivity index (χ4v) is 2.72. The monoisotopic (exact) mass is 331 g/mol. The van der Waals surface area contributed by atoms with Crippen molar-refractivity contribution >= 4 is 32.5 Å². The number of fused-ring (bicyclic) bond motifs is 1. The largest absolute Gasteiger partial charge is 0.438 e. The number of para-hydroxylation sites is 1. The van der Waals surface area contributed by atoms with Gasteiger partial charge in [-0.15, -0.1) is 0 Å². The number of nitrogens with one attached hydrogen (secondary N) is 2. The third kappa shape index (κ3) is 2.94. The van der Waals surface area contributed by atoms with Crippen molar-refractivity contribution in [3.05, 3.63) is 54.4 Å². The lowest BCUT2D eigenvalue weighted by Gasteiger charge is -2.06. The van der Waals surface area contributed by atoms with E-state index in [4.69, 9.17) is 4.42 Å². The van der Waals surface area contributed by atoms with Gasteiger partial charge in [0.1, 0.15) is 0 Å². The molecule has 3 rings (SSSR count). The number of hydrogen-bond donors (Lipinski definition) is 2. The van der Waals surface area contributed by atoms with Crippen molar-refractivity contribution < 1.29 is 17.6 Å². The van der Waals surface area contributed by atoms with E-state index in [9.17, 15) is 13.2 Å². The second kappa shape index (κ2) is 5.82. The number of pyridine rings is 1. The molecule has 0 radical (unpaired) electrons. The minimum absolute atomic E-state index is 0.105. The molecule has 0 fully saturated rings. The maximum absolute atomic E-state index is 12.2. The van der Waals surface area contributed by atoms with Crippen LogP contribution in [0.25, 0.3) is 10.9 Å². The van der Waals surface area contributed by atoms with E-state index in [0.29, 0.717) is 11.2 Å². The third-order valence-electron chi connectivity index (χ3n) is 3.22. The lowest BCUT2D eigenvalue weighted by molar-refractivity contribution is 0.0991. The quantitative estimate of drug-likeness (QED) is 0.761. The van der Waals surface area contributed by atoms with Gasteiger partial charge in [-0.3, -0.25) is 9.78 Å². The van der Waals surface area contributed by atoms with Gasteiger partial charge in [-0.25, -0.2) is 13.1 Å². The van der Waals surface area contributed by atoms with Gasteiger partial charge >= 0.3 is 0 Å². The second-order valence-corrected chi connectivity index (χ2v) is 6.48. The lowest BCUT2D eigenvalue weighted by Crippen LogP contribution is -2.18. The van der Waals surface area contributed by atoms with Crippen molar-refractivity contribution in [1.29, 1.82) is 0 Å². The Morgan fingerprint density at radius 3 is 2.70 bits per heavy atom. The molecule has 2 aromatic heterocycles. The Kier molecular flexibility index (Phi) is 3.85. The van der Waals surface area contributed by atoms with Crippen molar-refractivity contribution in [2.24, 2.45) is 0 Å². The summed E-state index contributed by atoms with van der Waals surface area (Å²) in [5.74, 6) is -0.660. The zero-order valence-corrected chi connectivity index (χ0v) is 12.9. The molecule has 2 heterocycles. The van der Waals surface area contributed by atoms with Crippen LogP contribution in [-0.4, -0.2) is 26.4 Å². The van der Waals surface area contributed by atoms with E-state index in [0.717, 1.165) is 5.39 Å². The SMILES string of the molecule is CNS(=O)(=O)c1ccc(C(=O)Nc2cccc3cccnc23)o1. The van der Waals surface area contributed by atoms with E-state index >= 15 is 0 Å². The molecule has 0 aliphatic carbocycles. The number of amides is 1. The maximum atomic E-state index is 12.2. The Morgan fingerprint density at radius 2 is 1.91 bits per heavy atom. The van der Waals surface area contributed by atoms with Crippen LogP contribution in [0.1, 0.15) is 10.6 Å². The first-order valence-electron chi connectivity index (χ1n) is 6.70. The first kappa shape index (κ1) is 15.2. The molecule has 0 saturated heterocycles. The van der Waals surface area contributed by atoms with Crippen molar-refractivity contribution in [2.45, 2.75) is 5.09 Å². The van der Waals surface area contributed by atoms with Crippen LogP contribution in [0.4, 0.5) is 5.69 Å². The summed E-state index contributed by atoms with van der Waals surface area (Å²) in [6, 6.07) is 11.6. The predicted molar refractivity (Wildman–Crippen MR) is 84.6 cm³/mol. The molecule has 0 aliphatic rings. The van der Waals surface area contributed by atoms with E-state index in [1.165, 1.54) is 19.2 Å². The molecule has 0 unspecified atom stereocenters. The highest BCUT2D eigenvalue weighted by atomic mass is 32.2. The molecular weight excluding hydrogens is 318 g/mol. The fourth-order valence-electron chi connectivity index (χ4n) is 2.08. The highest BCUT2D eigenvalue weighted by molar-refractivity contribution is 7.89. The number of carbonyl (C=O) groups is 1. The molecule has 0 aliphatic heterocycles. The smallest absolute Gasteiger partial charge is 0.291 e. The van der Waals surface area contributed by atoms with Gasteiger partial charge in [0.15, 0.2) is 5.76 Å². The number of sulfonamides is 1. The minimum Gasteiger partial charge on any atom is -0.438 e. The van der Waals surface area contributed by atoms with Crippen molar-refractivity contribution in [3.8, 4) is 0 Å². The topological polar surface area (TPSA) is 101 Å². The van der Waals surface area contributed by atoms with E-state index in [-0.39, 0.29) is 10.9 Å². The highest BCUT2D eigenvalue weighted by Gasteiger charge is 2.20. The molecule has 0 bridgehead atoms. The molecule has 0 atom stereocenters. The van der Waals surface area contributed by atoms with Crippen LogP contribution >= 0.6 is 0 Å². The summed E-state index contributed by atoms with van der Waals surface area (Å²) in [7, 11) is -2.46. The minimum atomic E-state index is -3.73. The summed E-state index contributed by atoms with van der Waals surface area (Å²) in [5.41, 5.74) is 1.15. The normalized spacial score (nSPS) is 11.5. The van der Waals surface area contributed by atoms with Gasteiger partial charge in [-0.2, -0.15) is 0 Å². The predicted octanol–water partition coefficient (Wildman–Crippen LogP) is 1.99. The molecule has 8 heteroatoms. The zero-order valence-electron chi connectivity index (χ0n) is 12.1. The fraction of sp³-hybridized carbons (Fsp3) is 0.0667. The molecule has 3 aromatic rings. The van der Waals surface area contributed by atoms with Crippen LogP contribution in [0, 0.1) is 0 Å². The first-order chi connectivity index (χ1) is 11.0. The summed E-state index contributed by atoms with van der Waals surface area (Å²) < 4.78 is 30.5. The van der Waals surface area contributed by atoms with E-state index in [1.54, 1.807) is 24.4 Å². The molecule has 118 valence electrons. The van der Waals surface area contributed by atoms with Crippen LogP contribution in [0.3, 0.4) is 0 Å². The number of benzene rings is 1. The summed E-state index contributed by atoms with van der Waals surface area (Å²) in [5, 5.41) is 3.23. The zero-order chi connectivity index (χ0) is 16.4. The summed E-state index contributed by atoms with van der Waals surface area (Å²) in [4.78, 5) is 16.5. The Balaban J connectivity index is 1.90. The van der Waals surface area contributed by atoms with Gasteiger partial charge in [0.25, 0.3) is 15.9 Å². The van der Waals surface area contributed by atoms with E-state index in [1.807, 2.05) is 12.1 Å². The summed E-state index contributed by atoms with van der Waals surface area (Å²) in [6.07, 6.45) is 1.63. The van der Waals surface area contributed by atoms with Crippen molar-refractivity contribution in [3.63, 3.8) is 0 Å². The van der Waals surface area contributed by atoms with Gasteiger partial charge in [-0.05, 0) is 31.3 Å².